The molecule has 1 aromatic carbocycles. The number of nitrogens with one attached hydrogen (secondary N) is 1. The lowest BCUT2D eigenvalue weighted by Gasteiger charge is -2.14. The van der Waals surface area contributed by atoms with Crippen LogP contribution in [-0.4, -0.2) is 43.4 Å². The van der Waals surface area contributed by atoms with E-state index in [2.05, 4.69) is 21.2 Å². The normalized spacial score (nSPS) is 20.1. The predicted octanol–water partition coefficient (Wildman–Crippen LogP) is 1.71. The third kappa shape index (κ3) is 4.14. The Kier molecular flexibility index (Phi) is 5.84. The van der Waals surface area contributed by atoms with Crippen LogP contribution in [0.4, 0.5) is 0 Å². The fraction of sp³-hybridized carbons (Fsp3) is 0.467. The lowest BCUT2D eigenvalue weighted by molar-refractivity contribution is -0.151. The highest BCUT2D eigenvalue weighted by Crippen LogP contribution is 2.36. The maximum Gasteiger partial charge on any atom is 0.332 e. The van der Waals surface area contributed by atoms with Gasteiger partial charge in [-0.25, -0.2) is 4.79 Å². The lowest BCUT2D eigenvalue weighted by Crippen LogP contribution is -2.35. The van der Waals surface area contributed by atoms with Gasteiger partial charge in [-0.05, 0) is 46.5 Å². The topological polar surface area (TPSA) is 94.1 Å². The van der Waals surface area contributed by atoms with E-state index in [9.17, 15) is 9.59 Å². The number of ether oxygens (including phenoxy) is 3. The van der Waals surface area contributed by atoms with Crippen LogP contribution >= 0.6 is 15.9 Å². The molecular formula is C15H18BrNO6. The Morgan fingerprint density at radius 1 is 1.30 bits per heavy atom. The predicted molar refractivity (Wildman–Crippen MR) is 84.6 cm³/mol. The van der Waals surface area contributed by atoms with Gasteiger partial charge in [0.1, 0.15) is 6.10 Å². The Bertz CT molecular complexity index is 606. The summed E-state index contributed by atoms with van der Waals surface area (Å²) in [5.74, 6) is -0.232. The van der Waals surface area contributed by atoms with Crippen molar-refractivity contribution in [3.05, 3.63) is 22.2 Å². The number of carboxylic acids is 1. The molecule has 0 spiro atoms. The maximum absolute atomic E-state index is 12.1. The van der Waals surface area contributed by atoms with E-state index in [1.54, 1.807) is 13.2 Å². The number of methoxy groups -OCH3 is 2. The molecule has 8 heteroatoms. The summed E-state index contributed by atoms with van der Waals surface area (Å²) in [7, 11) is 3.07. The molecule has 0 radical (unpaired) electrons. The van der Waals surface area contributed by atoms with Gasteiger partial charge >= 0.3 is 5.97 Å². The van der Waals surface area contributed by atoms with Crippen LogP contribution < -0.4 is 14.8 Å². The Hall–Kier alpha value is -1.80. The molecule has 0 aliphatic carbocycles. The van der Waals surface area contributed by atoms with Crippen molar-refractivity contribution in [3.8, 4) is 11.5 Å². The van der Waals surface area contributed by atoms with E-state index in [-0.39, 0.29) is 12.5 Å². The summed E-state index contributed by atoms with van der Waals surface area (Å²) in [5, 5.41) is 11.6. The Morgan fingerprint density at radius 2 is 2.00 bits per heavy atom. The van der Waals surface area contributed by atoms with Crippen LogP contribution in [0.5, 0.6) is 11.5 Å². The number of hydrogen-bond acceptors (Lipinski definition) is 5. The van der Waals surface area contributed by atoms with Gasteiger partial charge in [0.2, 0.25) is 5.91 Å². The number of rotatable bonds is 6. The highest BCUT2D eigenvalue weighted by Gasteiger charge is 2.34. The highest BCUT2D eigenvalue weighted by atomic mass is 79.9. The number of carbonyl (C=O) groups excluding carboxylic acids is 1. The first-order chi connectivity index (χ1) is 11.0. The molecular weight excluding hydrogens is 370 g/mol. The summed E-state index contributed by atoms with van der Waals surface area (Å²) in [6.45, 7) is 0.273. The van der Waals surface area contributed by atoms with Crippen molar-refractivity contribution in [3.63, 3.8) is 0 Å². The van der Waals surface area contributed by atoms with Crippen LogP contribution in [0.1, 0.15) is 18.4 Å². The fourth-order valence-electron chi connectivity index (χ4n) is 2.39. The Labute approximate surface area is 142 Å². The zero-order valence-corrected chi connectivity index (χ0v) is 14.4. The molecule has 2 rings (SSSR count). The monoisotopic (exact) mass is 387 g/mol. The van der Waals surface area contributed by atoms with E-state index in [1.807, 2.05) is 6.07 Å². The third-order valence-corrected chi connectivity index (χ3v) is 4.14. The van der Waals surface area contributed by atoms with Gasteiger partial charge in [0.25, 0.3) is 0 Å². The average Bonchev–Trinajstić information content (AvgIpc) is 3.02. The quantitative estimate of drug-likeness (QED) is 0.771. The summed E-state index contributed by atoms with van der Waals surface area (Å²) in [6.07, 6.45) is -0.881. The molecule has 0 bridgehead atoms. The summed E-state index contributed by atoms with van der Waals surface area (Å²) < 4.78 is 16.4. The van der Waals surface area contributed by atoms with E-state index in [1.165, 1.54) is 7.11 Å². The first kappa shape index (κ1) is 17.6. The Morgan fingerprint density at radius 3 is 2.57 bits per heavy atom. The zero-order chi connectivity index (χ0) is 17.0. The number of aliphatic carboxylic acids is 1. The standard InChI is InChI=1S/C15H18BrNO6/c1-21-12-6-8(5-9(16)13(12)22-2)7-17-14(18)10-3-4-11(23-10)15(19)20/h5-6,10-11H,3-4,7H2,1-2H3,(H,17,18)(H,19,20)/t10-,11+/m0/s1. The smallest absolute Gasteiger partial charge is 0.332 e. The molecule has 1 aliphatic rings. The van der Waals surface area contributed by atoms with Gasteiger partial charge in [0.05, 0.1) is 18.7 Å². The summed E-state index contributed by atoms with van der Waals surface area (Å²) in [6, 6.07) is 3.58. The van der Waals surface area contributed by atoms with Crippen LogP contribution in [0.25, 0.3) is 0 Å². The van der Waals surface area contributed by atoms with Gasteiger partial charge in [-0.2, -0.15) is 0 Å². The van der Waals surface area contributed by atoms with Gasteiger partial charge in [-0.15, -0.1) is 0 Å². The molecule has 0 unspecified atom stereocenters. The number of benzene rings is 1. The summed E-state index contributed by atoms with van der Waals surface area (Å²) in [5.41, 5.74) is 0.815. The zero-order valence-electron chi connectivity index (χ0n) is 12.8. The first-order valence-electron chi connectivity index (χ1n) is 7.02. The van der Waals surface area contributed by atoms with Crippen LogP contribution in [0.3, 0.4) is 0 Å². The summed E-state index contributed by atoms with van der Waals surface area (Å²) >= 11 is 3.39. The van der Waals surface area contributed by atoms with E-state index in [0.29, 0.717) is 28.8 Å². The molecule has 1 aliphatic heterocycles. The minimum Gasteiger partial charge on any atom is -0.493 e. The minimum absolute atomic E-state index is 0.273. The van der Waals surface area contributed by atoms with Crippen molar-refractivity contribution >= 4 is 27.8 Å². The number of hydrogen-bond donors (Lipinski definition) is 2. The molecule has 23 heavy (non-hydrogen) atoms. The molecule has 2 N–H and O–H groups in total. The molecule has 1 saturated heterocycles. The number of amides is 1. The molecule has 1 amide bonds. The minimum atomic E-state index is -1.04. The number of halogens is 1. The van der Waals surface area contributed by atoms with E-state index >= 15 is 0 Å². The van der Waals surface area contributed by atoms with Crippen molar-refractivity contribution < 1.29 is 28.9 Å². The number of carboxylic acid groups (broad SMARTS) is 1. The molecule has 126 valence electrons. The largest absolute Gasteiger partial charge is 0.493 e. The van der Waals surface area contributed by atoms with Crippen molar-refractivity contribution in [2.24, 2.45) is 0 Å². The molecule has 1 heterocycles. The molecule has 0 saturated carbocycles. The molecule has 1 aromatic rings. The van der Waals surface area contributed by atoms with Crippen LogP contribution in [0, 0.1) is 0 Å². The molecule has 1 fully saturated rings. The third-order valence-electron chi connectivity index (χ3n) is 3.55. The van der Waals surface area contributed by atoms with E-state index in [4.69, 9.17) is 19.3 Å². The van der Waals surface area contributed by atoms with Gasteiger partial charge in [-0.1, -0.05) is 0 Å². The molecule has 7 nitrogen and oxygen atoms in total. The maximum atomic E-state index is 12.1. The van der Waals surface area contributed by atoms with Crippen LogP contribution in [-0.2, 0) is 20.9 Å². The van der Waals surface area contributed by atoms with Crippen molar-refractivity contribution in [2.45, 2.75) is 31.6 Å². The van der Waals surface area contributed by atoms with E-state index < -0.39 is 18.2 Å². The van der Waals surface area contributed by atoms with Gasteiger partial charge in [0, 0.05) is 6.54 Å². The van der Waals surface area contributed by atoms with Crippen molar-refractivity contribution in [1.82, 2.24) is 5.32 Å². The van der Waals surface area contributed by atoms with Gasteiger partial charge in [-0.3, -0.25) is 4.79 Å². The molecule has 0 aromatic heterocycles. The summed E-state index contributed by atoms with van der Waals surface area (Å²) in [4.78, 5) is 22.9. The fourth-order valence-corrected chi connectivity index (χ4v) is 3.04. The SMILES string of the molecule is COc1cc(CNC(=O)[C@@H]2CC[C@H](C(=O)O)O2)cc(Br)c1OC. The van der Waals surface area contributed by atoms with Crippen LogP contribution in [0.15, 0.2) is 16.6 Å². The van der Waals surface area contributed by atoms with Gasteiger partial charge < -0.3 is 24.6 Å². The average molecular weight is 388 g/mol. The van der Waals surface area contributed by atoms with Crippen molar-refractivity contribution in [2.75, 3.05) is 14.2 Å². The second-order valence-electron chi connectivity index (χ2n) is 5.06. The van der Waals surface area contributed by atoms with Crippen molar-refractivity contribution in [1.29, 1.82) is 0 Å². The first-order valence-corrected chi connectivity index (χ1v) is 7.82. The van der Waals surface area contributed by atoms with Gasteiger partial charge in [0.15, 0.2) is 17.6 Å². The highest BCUT2D eigenvalue weighted by molar-refractivity contribution is 9.10. The lowest BCUT2D eigenvalue weighted by atomic mass is 10.1. The second kappa shape index (κ2) is 7.65. The Balaban J connectivity index is 1.97. The second-order valence-corrected chi connectivity index (χ2v) is 5.91. The van der Waals surface area contributed by atoms with Crippen LogP contribution in [0.2, 0.25) is 0 Å². The van der Waals surface area contributed by atoms with E-state index in [0.717, 1.165) is 5.56 Å². The molecule has 2 atom stereocenters. The number of carbonyl (C=O) groups is 2.